The molecule has 2 rings (SSSR count). The minimum Gasteiger partial charge on any atom is -0.399 e. The third-order valence-electron chi connectivity index (χ3n) is 4.14. The van der Waals surface area contributed by atoms with Gasteiger partial charge in [0, 0.05) is 17.9 Å². The number of nitrogen functional groups attached to an aromatic ring is 1. The number of rotatable bonds is 4. The van der Waals surface area contributed by atoms with Crippen molar-refractivity contribution in [3.8, 4) is 0 Å². The van der Waals surface area contributed by atoms with Crippen LogP contribution in [0, 0.1) is 18.8 Å². The van der Waals surface area contributed by atoms with Crippen molar-refractivity contribution in [3.05, 3.63) is 23.8 Å². The zero-order valence-corrected chi connectivity index (χ0v) is 12.6. The number of benzene rings is 1. The van der Waals surface area contributed by atoms with Crippen LogP contribution in [0.15, 0.2) is 18.2 Å². The Balaban J connectivity index is 1.87. The van der Waals surface area contributed by atoms with Crippen LogP contribution in [0.1, 0.15) is 25.8 Å². The number of hydrogen-bond acceptors (Lipinski definition) is 3. The van der Waals surface area contributed by atoms with Gasteiger partial charge >= 0.3 is 0 Å². The summed E-state index contributed by atoms with van der Waals surface area (Å²) in [4.78, 5) is 14.3. The molecule has 1 amide bonds. The van der Waals surface area contributed by atoms with E-state index in [1.165, 1.54) is 6.42 Å². The van der Waals surface area contributed by atoms with E-state index in [2.05, 4.69) is 24.1 Å². The minimum atomic E-state index is 0.0577. The van der Waals surface area contributed by atoms with Crippen LogP contribution < -0.4 is 11.1 Å². The van der Waals surface area contributed by atoms with E-state index < -0.39 is 0 Å². The highest BCUT2D eigenvalue weighted by Crippen LogP contribution is 2.23. The van der Waals surface area contributed by atoms with E-state index >= 15 is 0 Å². The van der Waals surface area contributed by atoms with Crippen molar-refractivity contribution in [2.24, 2.45) is 11.8 Å². The number of nitrogens with two attached hydrogens (primary N) is 1. The first-order chi connectivity index (χ1) is 9.45. The minimum absolute atomic E-state index is 0.0577. The third-order valence-corrected chi connectivity index (χ3v) is 4.14. The number of nitrogens with one attached hydrogen (secondary N) is 1. The van der Waals surface area contributed by atoms with E-state index in [0.717, 1.165) is 35.9 Å². The van der Waals surface area contributed by atoms with E-state index in [9.17, 15) is 4.79 Å². The molecule has 3 N–H and O–H groups in total. The van der Waals surface area contributed by atoms with Crippen LogP contribution in [0.3, 0.4) is 0 Å². The number of likely N-dealkylation sites (tertiary alicyclic amines) is 1. The summed E-state index contributed by atoms with van der Waals surface area (Å²) in [6.07, 6.45) is 1.20. The Morgan fingerprint density at radius 1 is 1.50 bits per heavy atom. The summed E-state index contributed by atoms with van der Waals surface area (Å²) in [5.41, 5.74) is 8.29. The van der Waals surface area contributed by atoms with Gasteiger partial charge in [-0.25, -0.2) is 0 Å². The number of anilines is 2. The Bertz CT molecular complexity index is 485. The van der Waals surface area contributed by atoms with Crippen molar-refractivity contribution in [3.63, 3.8) is 0 Å². The zero-order valence-electron chi connectivity index (χ0n) is 12.6. The first kappa shape index (κ1) is 14.9. The number of amides is 1. The van der Waals surface area contributed by atoms with Crippen molar-refractivity contribution < 1.29 is 4.79 Å². The molecule has 1 heterocycles. The second-order valence-electron chi connectivity index (χ2n) is 6.15. The lowest BCUT2D eigenvalue weighted by Gasteiger charge is -2.18. The van der Waals surface area contributed by atoms with Crippen LogP contribution >= 0.6 is 0 Å². The van der Waals surface area contributed by atoms with Gasteiger partial charge < -0.3 is 11.1 Å². The maximum absolute atomic E-state index is 12.1. The summed E-state index contributed by atoms with van der Waals surface area (Å²) in [6, 6.07) is 5.55. The number of aryl methyl sites for hydroxylation is 1. The lowest BCUT2D eigenvalue weighted by molar-refractivity contribution is -0.117. The van der Waals surface area contributed by atoms with E-state index in [1.54, 1.807) is 0 Å². The van der Waals surface area contributed by atoms with Gasteiger partial charge in [-0.05, 0) is 55.5 Å². The Morgan fingerprint density at radius 3 is 2.85 bits per heavy atom. The van der Waals surface area contributed by atoms with Crippen molar-refractivity contribution in [2.45, 2.75) is 27.2 Å². The third kappa shape index (κ3) is 3.73. The standard InChI is InChI=1S/C16H25N3O/c1-11(2)13-6-7-19(9-13)10-16(20)18-15-5-4-14(17)8-12(15)3/h4-5,8,11,13H,6-7,9-10,17H2,1-3H3,(H,18,20). The van der Waals surface area contributed by atoms with Gasteiger partial charge in [0.2, 0.25) is 5.91 Å². The van der Waals surface area contributed by atoms with E-state index in [-0.39, 0.29) is 5.91 Å². The van der Waals surface area contributed by atoms with Crippen LogP contribution in [0.25, 0.3) is 0 Å². The Kier molecular flexibility index (Phi) is 4.65. The molecule has 1 unspecified atom stereocenters. The molecule has 1 aliphatic heterocycles. The normalized spacial score (nSPS) is 19.5. The van der Waals surface area contributed by atoms with Crippen LogP contribution in [0.5, 0.6) is 0 Å². The first-order valence-corrected chi connectivity index (χ1v) is 7.34. The Morgan fingerprint density at radius 2 is 2.25 bits per heavy atom. The lowest BCUT2D eigenvalue weighted by Crippen LogP contribution is -2.32. The average molecular weight is 275 g/mol. The molecule has 0 radical (unpaired) electrons. The van der Waals surface area contributed by atoms with Gasteiger partial charge in [0.15, 0.2) is 0 Å². The summed E-state index contributed by atoms with van der Waals surface area (Å²) in [6.45, 7) is 9.00. The molecule has 1 aliphatic rings. The van der Waals surface area contributed by atoms with E-state index in [4.69, 9.17) is 5.73 Å². The molecule has 4 nitrogen and oxygen atoms in total. The van der Waals surface area contributed by atoms with Gasteiger partial charge in [-0.2, -0.15) is 0 Å². The number of hydrogen-bond donors (Lipinski definition) is 2. The molecule has 1 aromatic carbocycles. The molecule has 1 aromatic rings. The quantitative estimate of drug-likeness (QED) is 0.830. The molecule has 0 aromatic heterocycles. The van der Waals surface area contributed by atoms with Gasteiger partial charge in [-0.15, -0.1) is 0 Å². The van der Waals surface area contributed by atoms with Crippen LogP contribution in [-0.2, 0) is 4.79 Å². The highest BCUT2D eigenvalue weighted by atomic mass is 16.2. The van der Waals surface area contributed by atoms with E-state index in [1.807, 2.05) is 25.1 Å². The van der Waals surface area contributed by atoms with Crippen LogP contribution in [-0.4, -0.2) is 30.4 Å². The SMILES string of the molecule is Cc1cc(N)ccc1NC(=O)CN1CCC(C(C)C)C1. The second-order valence-corrected chi connectivity index (χ2v) is 6.15. The van der Waals surface area contributed by atoms with Crippen molar-refractivity contribution in [1.82, 2.24) is 4.90 Å². The van der Waals surface area contributed by atoms with Crippen molar-refractivity contribution >= 4 is 17.3 Å². The molecule has 20 heavy (non-hydrogen) atoms. The smallest absolute Gasteiger partial charge is 0.238 e. The molecule has 0 spiro atoms. The summed E-state index contributed by atoms with van der Waals surface area (Å²) in [7, 11) is 0. The van der Waals surface area contributed by atoms with Crippen molar-refractivity contribution in [1.29, 1.82) is 0 Å². The Hall–Kier alpha value is -1.55. The van der Waals surface area contributed by atoms with Gasteiger partial charge in [-0.3, -0.25) is 9.69 Å². The molecule has 110 valence electrons. The molecule has 0 bridgehead atoms. The molecular formula is C16H25N3O. The maximum Gasteiger partial charge on any atom is 0.238 e. The highest BCUT2D eigenvalue weighted by Gasteiger charge is 2.25. The molecule has 4 heteroatoms. The number of carbonyl (C=O) groups is 1. The topological polar surface area (TPSA) is 58.4 Å². The summed E-state index contributed by atoms with van der Waals surface area (Å²) in [5.74, 6) is 1.48. The van der Waals surface area contributed by atoms with Crippen molar-refractivity contribution in [2.75, 3.05) is 30.7 Å². The molecule has 0 aliphatic carbocycles. The fourth-order valence-electron chi connectivity index (χ4n) is 2.77. The fraction of sp³-hybridized carbons (Fsp3) is 0.562. The fourth-order valence-corrected chi connectivity index (χ4v) is 2.77. The summed E-state index contributed by atoms with van der Waals surface area (Å²) >= 11 is 0. The summed E-state index contributed by atoms with van der Waals surface area (Å²) < 4.78 is 0. The van der Waals surface area contributed by atoms with Gasteiger partial charge in [0.05, 0.1) is 6.54 Å². The number of nitrogens with zero attached hydrogens (tertiary/aromatic N) is 1. The Labute approximate surface area is 121 Å². The molecule has 1 saturated heterocycles. The van der Waals surface area contributed by atoms with Gasteiger partial charge in [0.25, 0.3) is 0 Å². The maximum atomic E-state index is 12.1. The number of carbonyl (C=O) groups excluding carboxylic acids is 1. The molecule has 1 fully saturated rings. The van der Waals surface area contributed by atoms with Crippen LogP contribution in [0.2, 0.25) is 0 Å². The highest BCUT2D eigenvalue weighted by molar-refractivity contribution is 5.93. The van der Waals surface area contributed by atoms with E-state index in [0.29, 0.717) is 12.5 Å². The van der Waals surface area contributed by atoms with Gasteiger partial charge in [0.1, 0.15) is 0 Å². The first-order valence-electron chi connectivity index (χ1n) is 7.34. The predicted octanol–water partition coefficient (Wildman–Crippen LogP) is 2.49. The lowest BCUT2D eigenvalue weighted by atomic mass is 9.95. The van der Waals surface area contributed by atoms with Gasteiger partial charge in [-0.1, -0.05) is 13.8 Å². The molecule has 0 saturated carbocycles. The summed E-state index contributed by atoms with van der Waals surface area (Å²) in [5, 5.41) is 2.97. The molecular weight excluding hydrogens is 250 g/mol. The predicted molar refractivity (Wildman–Crippen MR) is 83.6 cm³/mol. The second kappa shape index (κ2) is 6.27. The average Bonchev–Trinajstić information content (AvgIpc) is 2.81. The monoisotopic (exact) mass is 275 g/mol. The van der Waals surface area contributed by atoms with Crippen LogP contribution in [0.4, 0.5) is 11.4 Å². The molecule has 1 atom stereocenters. The largest absolute Gasteiger partial charge is 0.399 e. The zero-order chi connectivity index (χ0) is 14.7.